The number of hydrogen-bond donors (Lipinski definition) is 0. The first-order valence-electron chi connectivity index (χ1n) is 9.91. The van der Waals surface area contributed by atoms with E-state index in [0.29, 0.717) is 10.0 Å². The number of rotatable bonds is 6. The number of benzene rings is 2. The Labute approximate surface area is 172 Å². The van der Waals surface area contributed by atoms with Gasteiger partial charge in [-0.25, -0.2) is 0 Å². The van der Waals surface area contributed by atoms with Crippen LogP contribution in [0.2, 0.25) is 28.2 Å². The van der Waals surface area contributed by atoms with E-state index >= 15 is 0 Å². The van der Waals surface area contributed by atoms with E-state index < -0.39 is 14.1 Å². The largest absolute Gasteiger partial charge is 0.385 e. The molecular weight excluding hydrogens is 395 g/mol. The van der Waals surface area contributed by atoms with Gasteiger partial charge in [-0.05, 0) is 47.8 Å². The van der Waals surface area contributed by atoms with Gasteiger partial charge in [0.25, 0.3) is 0 Å². The van der Waals surface area contributed by atoms with E-state index in [1.165, 1.54) is 16.7 Å². The molecule has 0 bridgehead atoms. The fraction of sp³-hybridized carbons (Fsp3) is 0.455. The normalized spacial score (nSPS) is 26.4. The highest BCUT2D eigenvalue weighted by Crippen LogP contribution is 2.60. The summed E-state index contributed by atoms with van der Waals surface area (Å²) in [7, 11) is -1.79. The molecule has 5 heteroatoms. The summed E-state index contributed by atoms with van der Waals surface area (Å²) in [6.07, 6.45) is 1.03. The van der Waals surface area contributed by atoms with Crippen LogP contribution in [0.3, 0.4) is 0 Å². The Morgan fingerprint density at radius 1 is 1.04 bits per heavy atom. The molecule has 1 heterocycles. The number of ether oxygens (including phenoxy) is 1. The minimum absolute atomic E-state index is 0.114. The molecule has 0 N–H and O–H groups in total. The lowest BCUT2D eigenvalue weighted by molar-refractivity contribution is 0.0462. The highest BCUT2D eigenvalue weighted by atomic mass is 35.5. The van der Waals surface area contributed by atoms with E-state index in [4.69, 9.17) is 32.4 Å². The third kappa shape index (κ3) is 3.18. The Bertz CT molecular complexity index is 844. The molecule has 0 radical (unpaired) electrons. The zero-order valence-electron chi connectivity index (χ0n) is 16.1. The maximum atomic E-state index is 6.91. The van der Waals surface area contributed by atoms with Crippen molar-refractivity contribution in [1.82, 2.24) is 0 Å². The molecule has 2 aromatic rings. The molecule has 2 nitrogen and oxygen atoms in total. The van der Waals surface area contributed by atoms with Crippen molar-refractivity contribution in [1.29, 1.82) is 0 Å². The van der Waals surface area contributed by atoms with E-state index in [2.05, 4.69) is 51.1 Å². The molecule has 0 amide bonds. The molecule has 0 spiro atoms. The highest BCUT2D eigenvalue weighted by molar-refractivity contribution is 6.73. The third-order valence-corrected chi connectivity index (χ3v) is 11.8. The van der Waals surface area contributed by atoms with Gasteiger partial charge in [0, 0.05) is 11.5 Å². The Balaban J connectivity index is 1.74. The molecule has 4 rings (SSSR count). The summed E-state index contributed by atoms with van der Waals surface area (Å²) in [5.41, 5.74) is 3.67. The van der Waals surface area contributed by atoms with Crippen LogP contribution in [0.4, 0.5) is 0 Å². The molecule has 1 aliphatic carbocycles. The summed E-state index contributed by atoms with van der Waals surface area (Å²) in [5, 5.41) is 1.19. The number of fused-ring (bicyclic) bond motifs is 3. The van der Waals surface area contributed by atoms with Gasteiger partial charge >= 0.3 is 0 Å². The van der Waals surface area contributed by atoms with Crippen LogP contribution in [0.1, 0.15) is 49.8 Å². The average Bonchev–Trinajstić information content (AvgIpc) is 3.42. The molecule has 1 saturated heterocycles. The van der Waals surface area contributed by atoms with Gasteiger partial charge in [0.05, 0.1) is 10.0 Å². The molecule has 1 aliphatic heterocycles. The van der Waals surface area contributed by atoms with Gasteiger partial charge in [0.1, 0.15) is 6.10 Å². The van der Waals surface area contributed by atoms with Crippen LogP contribution < -0.4 is 0 Å². The smallest absolute Gasteiger partial charge is 0.213 e. The minimum Gasteiger partial charge on any atom is -0.385 e. The van der Waals surface area contributed by atoms with Crippen molar-refractivity contribution < 1.29 is 9.16 Å². The van der Waals surface area contributed by atoms with Crippen molar-refractivity contribution in [2.75, 3.05) is 0 Å². The fourth-order valence-electron chi connectivity index (χ4n) is 4.55. The first-order valence-corrected chi connectivity index (χ1v) is 13.2. The first-order chi connectivity index (χ1) is 13.0. The molecule has 144 valence electrons. The van der Waals surface area contributed by atoms with Crippen molar-refractivity contribution in [3.63, 3.8) is 0 Å². The van der Waals surface area contributed by atoms with Gasteiger partial charge in [-0.2, -0.15) is 0 Å². The summed E-state index contributed by atoms with van der Waals surface area (Å²) >= 11 is 12.4. The average molecular weight is 421 g/mol. The van der Waals surface area contributed by atoms with Crippen LogP contribution in [0.25, 0.3) is 0 Å². The second-order valence-electron chi connectivity index (χ2n) is 7.67. The van der Waals surface area contributed by atoms with Crippen LogP contribution in [0.15, 0.2) is 42.5 Å². The van der Waals surface area contributed by atoms with Crippen molar-refractivity contribution in [3.05, 3.63) is 69.2 Å². The van der Waals surface area contributed by atoms with E-state index in [0.717, 1.165) is 24.6 Å². The maximum absolute atomic E-state index is 6.91. The van der Waals surface area contributed by atoms with Crippen molar-refractivity contribution in [2.45, 2.75) is 63.1 Å². The highest BCUT2D eigenvalue weighted by Gasteiger charge is 2.65. The number of epoxide rings is 1. The van der Waals surface area contributed by atoms with E-state index in [1.54, 1.807) is 0 Å². The zero-order valence-corrected chi connectivity index (χ0v) is 18.6. The van der Waals surface area contributed by atoms with Crippen LogP contribution in [0, 0.1) is 0 Å². The molecular formula is C22H26Cl2O2Si. The standard InChI is InChI=1S/C22H26Cl2O2Si/c1-4-27(5-2,6-3)26-22-18-10-8-7-9-16(18)17(14-21(22)25-22)15-11-12-19(23)20(24)13-15/h7-13,17,21H,4-6,14H2,1-3H3/t17-,21?,22?/m0/s1. The topological polar surface area (TPSA) is 21.8 Å². The number of halogens is 2. The third-order valence-electron chi connectivity index (χ3n) is 6.49. The van der Waals surface area contributed by atoms with Crippen LogP contribution >= 0.6 is 23.2 Å². The summed E-state index contributed by atoms with van der Waals surface area (Å²) < 4.78 is 13.2. The van der Waals surface area contributed by atoms with Crippen molar-refractivity contribution in [2.24, 2.45) is 0 Å². The van der Waals surface area contributed by atoms with Crippen LogP contribution in [-0.2, 0) is 14.9 Å². The summed E-state index contributed by atoms with van der Waals surface area (Å²) in [4.78, 5) is 0. The molecule has 0 saturated carbocycles. The second-order valence-corrected chi connectivity index (χ2v) is 13.2. The van der Waals surface area contributed by atoms with E-state index in [9.17, 15) is 0 Å². The van der Waals surface area contributed by atoms with Gasteiger partial charge in [-0.1, -0.05) is 74.3 Å². The van der Waals surface area contributed by atoms with Gasteiger partial charge in [0.15, 0.2) is 8.32 Å². The number of hydrogen-bond acceptors (Lipinski definition) is 2. The predicted molar refractivity (Wildman–Crippen MR) is 114 cm³/mol. The van der Waals surface area contributed by atoms with E-state index in [1.807, 2.05) is 12.1 Å². The van der Waals surface area contributed by atoms with Gasteiger partial charge in [0.2, 0.25) is 5.79 Å². The van der Waals surface area contributed by atoms with Gasteiger partial charge < -0.3 is 9.16 Å². The van der Waals surface area contributed by atoms with Gasteiger partial charge in [-0.15, -0.1) is 0 Å². The molecule has 27 heavy (non-hydrogen) atoms. The lowest BCUT2D eigenvalue weighted by Gasteiger charge is -2.36. The fourth-order valence-corrected chi connectivity index (χ4v) is 7.73. The van der Waals surface area contributed by atoms with E-state index in [-0.39, 0.29) is 12.0 Å². The summed E-state index contributed by atoms with van der Waals surface area (Å²) in [6, 6.07) is 17.9. The molecule has 2 aliphatic rings. The van der Waals surface area contributed by atoms with Crippen molar-refractivity contribution in [3.8, 4) is 0 Å². The molecule has 0 aromatic heterocycles. The quantitative estimate of drug-likeness (QED) is 0.366. The second kappa shape index (κ2) is 7.20. The minimum atomic E-state index is -1.79. The monoisotopic (exact) mass is 420 g/mol. The molecule has 3 atom stereocenters. The summed E-state index contributed by atoms with van der Waals surface area (Å²) in [5.74, 6) is -0.279. The predicted octanol–water partition coefficient (Wildman–Crippen LogP) is 7.10. The zero-order chi connectivity index (χ0) is 19.2. The maximum Gasteiger partial charge on any atom is 0.213 e. The first kappa shape index (κ1) is 19.5. The van der Waals surface area contributed by atoms with Crippen LogP contribution in [-0.4, -0.2) is 14.4 Å². The van der Waals surface area contributed by atoms with Crippen LogP contribution in [0.5, 0.6) is 0 Å². The Morgan fingerprint density at radius 3 is 2.41 bits per heavy atom. The van der Waals surface area contributed by atoms with Gasteiger partial charge in [-0.3, -0.25) is 0 Å². The Kier molecular flexibility index (Phi) is 5.19. The molecule has 2 aromatic carbocycles. The lowest BCUT2D eigenvalue weighted by atomic mass is 9.78. The SMILES string of the molecule is CC[Si](CC)(CC)OC12OC1C[C@@H](c1ccc(Cl)c(Cl)c1)c1ccccc12. The summed E-state index contributed by atoms with van der Waals surface area (Å²) in [6.45, 7) is 6.79. The Hall–Kier alpha value is -0.843. The molecule has 1 fully saturated rings. The lowest BCUT2D eigenvalue weighted by Crippen LogP contribution is -2.42. The molecule has 2 unspecified atom stereocenters. The Morgan fingerprint density at radius 2 is 1.74 bits per heavy atom. The van der Waals surface area contributed by atoms with Crippen molar-refractivity contribution >= 4 is 31.5 Å².